The average Bonchev–Trinajstić information content (AvgIpc) is 2.30. The molecule has 0 bridgehead atoms. The van der Waals surface area contributed by atoms with E-state index in [1.54, 1.807) is 12.1 Å². The monoisotopic (exact) mass is 251 g/mol. The molecule has 18 heavy (non-hydrogen) atoms. The molecule has 0 spiro atoms. The highest BCUT2D eigenvalue weighted by Crippen LogP contribution is 2.18. The Bertz CT molecular complexity index is 416. The summed E-state index contributed by atoms with van der Waals surface area (Å²) in [5.41, 5.74) is 1.15. The van der Waals surface area contributed by atoms with Crippen LogP contribution in [0.2, 0.25) is 0 Å². The summed E-state index contributed by atoms with van der Waals surface area (Å²) in [4.78, 5) is 12.0. The van der Waals surface area contributed by atoms with Crippen molar-refractivity contribution in [2.45, 2.75) is 33.2 Å². The molecule has 0 heterocycles. The van der Waals surface area contributed by atoms with Crippen LogP contribution < -0.4 is 5.32 Å². The lowest BCUT2D eigenvalue weighted by Crippen LogP contribution is -2.38. The Labute approximate surface area is 108 Å². The highest BCUT2D eigenvalue weighted by Gasteiger charge is 2.16. The van der Waals surface area contributed by atoms with Gasteiger partial charge in [0.15, 0.2) is 0 Å². The molecule has 1 aromatic rings. The Balaban J connectivity index is 2.77. The van der Waals surface area contributed by atoms with Crippen molar-refractivity contribution in [2.24, 2.45) is 5.92 Å². The standard InChI is InChI=1S/C14H21NO3/c1-9(2)6-11(8-16)15-14(18)12-7-10(3)4-5-13(12)17/h4-5,7,9,11,16-17H,6,8H2,1-3H3,(H,15,18). The lowest BCUT2D eigenvalue weighted by Gasteiger charge is -2.18. The molecule has 1 aromatic carbocycles. The second-order valence-electron chi connectivity index (χ2n) is 5.00. The molecule has 4 heteroatoms. The number of nitrogens with one attached hydrogen (secondary N) is 1. The van der Waals surface area contributed by atoms with Gasteiger partial charge in [-0.1, -0.05) is 25.5 Å². The van der Waals surface area contributed by atoms with Crippen molar-refractivity contribution < 1.29 is 15.0 Å². The predicted molar refractivity (Wildman–Crippen MR) is 70.6 cm³/mol. The maximum Gasteiger partial charge on any atom is 0.255 e. The number of amides is 1. The number of aryl methyl sites for hydroxylation is 1. The van der Waals surface area contributed by atoms with Gasteiger partial charge in [-0.25, -0.2) is 0 Å². The Hall–Kier alpha value is -1.55. The lowest BCUT2D eigenvalue weighted by atomic mass is 10.0. The molecule has 0 aromatic heterocycles. The highest BCUT2D eigenvalue weighted by molar-refractivity contribution is 5.97. The number of aliphatic hydroxyl groups is 1. The van der Waals surface area contributed by atoms with E-state index in [1.165, 1.54) is 6.07 Å². The summed E-state index contributed by atoms with van der Waals surface area (Å²) < 4.78 is 0. The number of rotatable bonds is 5. The minimum absolute atomic E-state index is 0.0423. The average molecular weight is 251 g/mol. The molecule has 3 N–H and O–H groups in total. The fourth-order valence-corrected chi connectivity index (χ4v) is 1.84. The molecule has 1 atom stereocenters. The number of hydrogen-bond donors (Lipinski definition) is 3. The molecular formula is C14H21NO3. The van der Waals surface area contributed by atoms with Crippen molar-refractivity contribution in [3.8, 4) is 5.75 Å². The van der Waals surface area contributed by atoms with Gasteiger partial charge in [0.1, 0.15) is 5.75 Å². The van der Waals surface area contributed by atoms with Crippen LogP contribution in [0.15, 0.2) is 18.2 Å². The van der Waals surface area contributed by atoms with E-state index in [4.69, 9.17) is 0 Å². The predicted octanol–water partition coefficient (Wildman–Crippen LogP) is 1.84. The summed E-state index contributed by atoms with van der Waals surface area (Å²) >= 11 is 0. The van der Waals surface area contributed by atoms with Crippen LogP contribution in [0, 0.1) is 12.8 Å². The molecule has 0 aliphatic heterocycles. The number of carbonyl (C=O) groups is 1. The normalized spacial score (nSPS) is 12.5. The minimum Gasteiger partial charge on any atom is -0.507 e. The summed E-state index contributed by atoms with van der Waals surface area (Å²) in [6, 6.07) is 4.59. The summed E-state index contributed by atoms with van der Waals surface area (Å²) in [6.45, 7) is 5.81. The van der Waals surface area contributed by atoms with E-state index in [-0.39, 0.29) is 29.9 Å². The zero-order valence-electron chi connectivity index (χ0n) is 11.1. The van der Waals surface area contributed by atoms with Gasteiger partial charge in [-0.15, -0.1) is 0 Å². The van der Waals surface area contributed by atoms with Gasteiger partial charge in [-0.3, -0.25) is 4.79 Å². The molecule has 1 amide bonds. The molecule has 0 saturated carbocycles. The number of hydrogen-bond acceptors (Lipinski definition) is 3. The number of aromatic hydroxyl groups is 1. The van der Waals surface area contributed by atoms with Crippen LogP contribution in [0.3, 0.4) is 0 Å². The van der Waals surface area contributed by atoms with Gasteiger partial charge < -0.3 is 15.5 Å². The van der Waals surface area contributed by atoms with E-state index in [1.807, 2.05) is 20.8 Å². The Kier molecular flexibility index (Phi) is 5.16. The summed E-state index contributed by atoms with van der Waals surface area (Å²) in [5.74, 6) is -0.0104. The van der Waals surface area contributed by atoms with Crippen molar-refractivity contribution in [1.82, 2.24) is 5.32 Å². The van der Waals surface area contributed by atoms with Gasteiger partial charge in [0.05, 0.1) is 18.2 Å². The fraction of sp³-hybridized carbons (Fsp3) is 0.500. The third kappa shape index (κ3) is 4.04. The van der Waals surface area contributed by atoms with Crippen molar-refractivity contribution in [3.05, 3.63) is 29.3 Å². The van der Waals surface area contributed by atoms with E-state index in [2.05, 4.69) is 5.32 Å². The summed E-state index contributed by atoms with van der Waals surface area (Å²) in [7, 11) is 0. The molecule has 0 radical (unpaired) electrons. The summed E-state index contributed by atoms with van der Waals surface area (Å²) in [6.07, 6.45) is 0.703. The number of phenols is 1. The first-order chi connectivity index (χ1) is 8.43. The summed E-state index contributed by atoms with van der Waals surface area (Å²) in [5, 5.41) is 21.6. The number of carbonyl (C=O) groups excluding carboxylic acids is 1. The molecule has 0 saturated heterocycles. The van der Waals surface area contributed by atoms with Crippen LogP contribution in [0.25, 0.3) is 0 Å². The van der Waals surface area contributed by atoms with Crippen molar-refractivity contribution in [3.63, 3.8) is 0 Å². The number of aliphatic hydroxyl groups excluding tert-OH is 1. The first kappa shape index (κ1) is 14.5. The van der Waals surface area contributed by atoms with Gasteiger partial charge in [0.2, 0.25) is 0 Å². The smallest absolute Gasteiger partial charge is 0.255 e. The lowest BCUT2D eigenvalue weighted by molar-refractivity contribution is 0.0905. The van der Waals surface area contributed by atoms with E-state index in [0.717, 1.165) is 5.56 Å². The molecule has 0 fully saturated rings. The van der Waals surface area contributed by atoms with E-state index in [0.29, 0.717) is 12.3 Å². The zero-order chi connectivity index (χ0) is 13.7. The molecule has 4 nitrogen and oxygen atoms in total. The third-order valence-electron chi connectivity index (χ3n) is 2.71. The molecule has 0 aliphatic rings. The molecule has 1 unspecified atom stereocenters. The third-order valence-corrected chi connectivity index (χ3v) is 2.71. The van der Waals surface area contributed by atoms with Crippen LogP contribution >= 0.6 is 0 Å². The van der Waals surface area contributed by atoms with Crippen molar-refractivity contribution in [2.75, 3.05) is 6.61 Å². The number of benzene rings is 1. The van der Waals surface area contributed by atoms with E-state index >= 15 is 0 Å². The van der Waals surface area contributed by atoms with E-state index < -0.39 is 0 Å². The first-order valence-electron chi connectivity index (χ1n) is 6.15. The first-order valence-corrected chi connectivity index (χ1v) is 6.15. The highest BCUT2D eigenvalue weighted by atomic mass is 16.3. The second-order valence-corrected chi connectivity index (χ2v) is 5.00. The van der Waals surface area contributed by atoms with Gasteiger partial charge in [-0.05, 0) is 31.4 Å². The van der Waals surface area contributed by atoms with Crippen LogP contribution in [-0.2, 0) is 0 Å². The van der Waals surface area contributed by atoms with Gasteiger partial charge in [0, 0.05) is 0 Å². The Morgan fingerprint density at radius 1 is 1.39 bits per heavy atom. The van der Waals surface area contributed by atoms with Crippen LogP contribution in [0.4, 0.5) is 0 Å². The largest absolute Gasteiger partial charge is 0.507 e. The zero-order valence-corrected chi connectivity index (χ0v) is 11.1. The van der Waals surface area contributed by atoms with Crippen molar-refractivity contribution >= 4 is 5.91 Å². The minimum atomic E-state index is -0.351. The van der Waals surface area contributed by atoms with Gasteiger partial charge in [0.25, 0.3) is 5.91 Å². The van der Waals surface area contributed by atoms with Crippen LogP contribution in [0.5, 0.6) is 5.75 Å². The molecule has 100 valence electrons. The SMILES string of the molecule is Cc1ccc(O)c(C(=O)NC(CO)CC(C)C)c1. The quantitative estimate of drug-likeness (QED) is 0.748. The molecule has 0 aliphatic carbocycles. The molecule has 1 rings (SSSR count). The molecular weight excluding hydrogens is 230 g/mol. The van der Waals surface area contributed by atoms with Crippen LogP contribution in [0.1, 0.15) is 36.2 Å². The topological polar surface area (TPSA) is 69.6 Å². The Morgan fingerprint density at radius 2 is 2.06 bits per heavy atom. The van der Waals surface area contributed by atoms with Crippen LogP contribution in [-0.4, -0.2) is 28.8 Å². The van der Waals surface area contributed by atoms with Crippen molar-refractivity contribution in [1.29, 1.82) is 0 Å². The van der Waals surface area contributed by atoms with E-state index in [9.17, 15) is 15.0 Å². The number of phenolic OH excluding ortho intramolecular Hbond substituents is 1. The maximum atomic E-state index is 12.0. The van der Waals surface area contributed by atoms with Gasteiger partial charge in [-0.2, -0.15) is 0 Å². The second kappa shape index (κ2) is 6.40. The fourth-order valence-electron chi connectivity index (χ4n) is 1.84. The maximum absolute atomic E-state index is 12.0. The van der Waals surface area contributed by atoms with Gasteiger partial charge >= 0.3 is 0 Å². The Morgan fingerprint density at radius 3 is 2.61 bits per heavy atom.